The van der Waals surface area contributed by atoms with Crippen LogP contribution in [0.25, 0.3) is 0 Å². The SMILES string of the molecule is Cc1ncc(F)c(CO)c1F. The van der Waals surface area contributed by atoms with Gasteiger partial charge in [0, 0.05) is 0 Å². The summed E-state index contributed by atoms with van der Waals surface area (Å²) in [6.45, 7) is 0.773. The van der Waals surface area contributed by atoms with E-state index in [-0.39, 0.29) is 11.3 Å². The predicted octanol–water partition coefficient (Wildman–Crippen LogP) is 1.16. The molecule has 1 aromatic rings. The number of aryl methyl sites for hydroxylation is 1. The Bertz CT molecular complexity index is 275. The lowest BCUT2D eigenvalue weighted by Crippen LogP contribution is -1.99. The van der Waals surface area contributed by atoms with E-state index in [1.807, 2.05) is 0 Å². The van der Waals surface area contributed by atoms with Gasteiger partial charge < -0.3 is 5.11 Å². The molecule has 0 fully saturated rings. The highest BCUT2D eigenvalue weighted by Crippen LogP contribution is 2.12. The van der Waals surface area contributed by atoms with E-state index >= 15 is 0 Å². The van der Waals surface area contributed by atoms with Gasteiger partial charge in [0.1, 0.15) is 5.82 Å². The fourth-order valence-electron chi connectivity index (χ4n) is 0.756. The van der Waals surface area contributed by atoms with E-state index in [1.165, 1.54) is 6.92 Å². The lowest BCUT2D eigenvalue weighted by molar-refractivity contribution is 0.268. The minimum atomic E-state index is -0.810. The van der Waals surface area contributed by atoms with Crippen LogP contribution in [0.15, 0.2) is 6.20 Å². The highest BCUT2D eigenvalue weighted by atomic mass is 19.1. The van der Waals surface area contributed by atoms with Crippen molar-refractivity contribution >= 4 is 0 Å². The first-order valence-electron chi connectivity index (χ1n) is 3.07. The summed E-state index contributed by atoms with van der Waals surface area (Å²) in [5.41, 5.74) is -0.229. The van der Waals surface area contributed by atoms with E-state index in [9.17, 15) is 8.78 Å². The molecule has 11 heavy (non-hydrogen) atoms. The number of hydrogen-bond acceptors (Lipinski definition) is 2. The Morgan fingerprint density at radius 2 is 2.18 bits per heavy atom. The Morgan fingerprint density at radius 3 is 2.64 bits per heavy atom. The third kappa shape index (κ3) is 1.35. The molecule has 1 rings (SSSR count). The molecule has 0 aliphatic rings. The zero-order valence-electron chi connectivity index (χ0n) is 5.93. The molecule has 1 N–H and O–H groups in total. The van der Waals surface area contributed by atoms with Crippen LogP contribution in [-0.2, 0) is 6.61 Å². The molecule has 4 heteroatoms. The Labute approximate surface area is 62.5 Å². The summed E-state index contributed by atoms with van der Waals surface area (Å²) in [6, 6.07) is 0. The Kier molecular flexibility index (Phi) is 2.14. The van der Waals surface area contributed by atoms with Gasteiger partial charge in [0.2, 0.25) is 0 Å². The van der Waals surface area contributed by atoms with Gasteiger partial charge in [-0.3, -0.25) is 4.98 Å². The van der Waals surface area contributed by atoms with E-state index in [2.05, 4.69) is 4.98 Å². The zero-order chi connectivity index (χ0) is 8.43. The first kappa shape index (κ1) is 8.07. The number of pyridine rings is 1. The third-order valence-electron chi connectivity index (χ3n) is 1.40. The van der Waals surface area contributed by atoms with Gasteiger partial charge in [-0.1, -0.05) is 0 Å². The van der Waals surface area contributed by atoms with Gasteiger partial charge in [-0.2, -0.15) is 0 Å². The van der Waals surface area contributed by atoms with E-state index in [0.717, 1.165) is 6.20 Å². The molecule has 0 saturated carbocycles. The zero-order valence-corrected chi connectivity index (χ0v) is 5.93. The fourth-order valence-corrected chi connectivity index (χ4v) is 0.756. The van der Waals surface area contributed by atoms with Crippen molar-refractivity contribution in [2.75, 3.05) is 0 Å². The standard InChI is InChI=1S/C7H7F2NO/c1-4-7(9)5(3-11)6(8)2-10-4/h2,11H,3H2,1H3. The second kappa shape index (κ2) is 2.92. The van der Waals surface area contributed by atoms with Gasteiger partial charge >= 0.3 is 0 Å². The normalized spacial score (nSPS) is 10.2. The van der Waals surface area contributed by atoms with Crippen molar-refractivity contribution in [3.63, 3.8) is 0 Å². The van der Waals surface area contributed by atoms with Crippen LogP contribution in [0.2, 0.25) is 0 Å². The van der Waals surface area contributed by atoms with Crippen molar-refractivity contribution in [1.29, 1.82) is 0 Å². The van der Waals surface area contributed by atoms with Gasteiger partial charge in [0.05, 0.1) is 24.1 Å². The molecule has 0 aliphatic heterocycles. The van der Waals surface area contributed by atoms with Gasteiger partial charge in [0.25, 0.3) is 0 Å². The summed E-state index contributed by atoms with van der Waals surface area (Å²) in [5.74, 6) is -1.58. The number of rotatable bonds is 1. The average molecular weight is 159 g/mol. The van der Waals surface area contributed by atoms with Crippen LogP contribution in [0.3, 0.4) is 0 Å². The summed E-state index contributed by atoms with van der Waals surface area (Å²) in [4.78, 5) is 3.43. The first-order chi connectivity index (χ1) is 5.16. The first-order valence-corrected chi connectivity index (χ1v) is 3.07. The largest absolute Gasteiger partial charge is 0.391 e. The van der Waals surface area contributed by atoms with E-state index in [1.54, 1.807) is 0 Å². The molecule has 1 aromatic heterocycles. The molecule has 0 aliphatic carbocycles. The van der Waals surface area contributed by atoms with E-state index < -0.39 is 18.2 Å². The molecule has 0 amide bonds. The maximum atomic E-state index is 12.8. The summed E-state index contributed by atoms with van der Waals surface area (Å²) in [5, 5.41) is 8.52. The minimum Gasteiger partial charge on any atom is -0.391 e. The molecule has 0 unspecified atom stereocenters. The van der Waals surface area contributed by atoms with Crippen molar-refractivity contribution in [1.82, 2.24) is 4.98 Å². The highest BCUT2D eigenvalue weighted by Gasteiger charge is 2.10. The van der Waals surface area contributed by atoms with Crippen LogP contribution in [-0.4, -0.2) is 10.1 Å². The maximum absolute atomic E-state index is 12.8. The highest BCUT2D eigenvalue weighted by molar-refractivity contribution is 5.19. The van der Waals surface area contributed by atoms with Crippen LogP contribution in [0.4, 0.5) is 8.78 Å². The third-order valence-corrected chi connectivity index (χ3v) is 1.40. The molecule has 60 valence electrons. The lowest BCUT2D eigenvalue weighted by Gasteiger charge is -2.01. The van der Waals surface area contributed by atoms with E-state index in [0.29, 0.717) is 0 Å². The molecular weight excluding hydrogens is 152 g/mol. The van der Waals surface area contributed by atoms with E-state index in [4.69, 9.17) is 5.11 Å². The van der Waals surface area contributed by atoms with Crippen LogP contribution >= 0.6 is 0 Å². The minimum absolute atomic E-state index is 0.0930. The Morgan fingerprint density at radius 1 is 1.55 bits per heavy atom. The molecule has 0 spiro atoms. The molecule has 0 aromatic carbocycles. The number of aromatic nitrogens is 1. The predicted molar refractivity (Wildman–Crippen MR) is 34.8 cm³/mol. The van der Waals surface area contributed by atoms with Crippen molar-refractivity contribution in [3.8, 4) is 0 Å². The molecule has 0 saturated heterocycles. The number of aliphatic hydroxyl groups is 1. The van der Waals surface area contributed by atoms with Gasteiger partial charge in [-0.05, 0) is 6.92 Å². The summed E-state index contributed by atoms with van der Waals surface area (Å²) in [7, 11) is 0. The number of aliphatic hydroxyl groups excluding tert-OH is 1. The van der Waals surface area contributed by atoms with Crippen molar-refractivity contribution in [3.05, 3.63) is 29.1 Å². The molecule has 0 atom stereocenters. The molecule has 0 radical (unpaired) electrons. The van der Waals surface area contributed by atoms with Crippen molar-refractivity contribution < 1.29 is 13.9 Å². The molecule has 0 bridgehead atoms. The number of halogens is 2. The summed E-state index contributed by atoms with van der Waals surface area (Å²) in [6.07, 6.45) is 0.893. The number of nitrogens with zero attached hydrogens (tertiary/aromatic N) is 1. The Hall–Kier alpha value is -1.03. The molecule has 1 heterocycles. The van der Waals surface area contributed by atoms with Gasteiger partial charge in [-0.15, -0.1) is 0 Å². The fraction of sp³-hybridized carbons (Fsp3) is 0.286. The lowest BCUT2D eigenvalue weighted by atomic mass is 10.2. The van der Waals surface area contributed by atoms with Crippen LogP contribution < -0.4 is 0 Å². The van der Waals surface area contributed by atoms with Gasteiger partial charge in [0.15, 0.2) is 5.82 Å². The van der Waals surface area contributed by atoms with Crippen molar-refractivity contribution in [2.45, 2.75) is 13.5 Å². The van der Waals surface area contributed by atoms with Crippen LogP contribution in [0.1, 0.15) is 11.3 Å². The quantitative estimate of drug-likeness (QED) is 0.667. The second-order valence-corrected chi connectivity index (χ2v) is 2.14. The molecule has 2 nitrogen and oxygen atoms in total. The molecular formula is C7H7F2NO. The summed E-state index contributed by atoms with van der Waals surface area (Å²) >= 11 is 0. The monoisotopic (exact) mass is 159 g/mol. The maximum Gasteiger partial charge on any atom is 0.152 e. The van der Waals surface area contributed by atoms with Gasteiger partial charge in [-0.25, -0.2) is 8.78 Å². The van der Waals surface area contributed by atoms with Crippen LogP contribution in [0.5, 0.6) is 0 Å². The average Bonchev–Trinajstić information content (AvgIpc) is 1.99. The van der Waals surface area contributed by atoms with Crippen molar-refractivity contribution in [2.24, 2.45) is 0 Å². The topological polar surface area (TPSA) is 33.1 Å². The smallest absolute Gasteiger partial charge is 0.152 e. The second-order valence-electron chi connectivity index (χ2n) is 2.14. The Balaban J connectivity index is 3.29. The number of hydrogen-bond donors (Lipinski definition) is 1. The van der Waals surface area contributed by atoms with Crippen LogP contribution in [0, 0.1) is 18.6 Å². The summed E-state index contributed by atoms with van der Waals surface area (Å²) < 4.78 is 25.4.